The zero-order valence-electron chi connectivity index (χ0n) is 16.0. The minimum absolute atomic E-state index is 0.0574. The van der Waals surface area contributed by atoms with Crippen molar-refractivity contribution >= 4 is 39.1 Å². The molecule has 6 nitrogen and oxygen atoms in total. The van der Waals surface area contributed by atoms with E-state index in [1.807, 2.05) is 38.1 Å². The number of aromatic nitrogens is 1. The van der Waals surface area contributed by atoms with Gasteiger partial charge in [-0.2, -0.15) is 0 Å². The Bertz CT molecular complexity index is 1000. The van der Waals surface area contributed by atoms with Crippen molar-refractivity contribution in [2.45, 2.75) is 13.8 Å². The first-order chi connectivity index (χ1) is 13.9. The molecule has 2 N–H and O–H groups in total. The van der Waals surface area contributed by atoms with Crippen molar-refractivity contribution in [2.24, 2.45) is 5.92 Å². The molecule has 0 atom stereocenters. The highest BCUT2D eigenvalue weighted by atomic mass is 79.9. The second kappa shape index (κ2) is 9.34. The Labute approximate surface area is 177 Å². The van der Waals surface area contributed by atoms with Gasteiger partial charge in [-0.3, -0.25) is 9.59 Å². The number of carbonyl (C=O) groups excluding carboxylic acids is 2. The summed E-state index contributed by atoms with van der Waals surface area (Å²) in [5, 5.41) is 5.60. The quantitative estimate of drug-likeness (QED) is 0.517. The van der Waals surface area contributed by atoms with Gasteiger partial charge in [0.05, 0.1) is 5.56 Å². The summed E-state index contributed by atoms with van der Waals surface area (Å²) in [6.07, 6.45) is 1.46. The Morgan fingerprint density at radius 1 is 0.966 bits per heavy atom. The third-order valence-electron chi connectivity index (χ3n) is 3.95. The molecule has 2 aromatic carbocycles. The van der Waals surface area contributed by atoms with E-state index >= 15 is 0 Å². The number of benzene rings is 2. The summed E-state index contributed by atoms with van der Waals surface area (Å²) in [5.41, 5.74) is 1.70. The third-order valence-corrected chi connectivity index (χ3v) is 4.44. The minimum Gasteiger partial charge on any atom is -0.439 e. The first kappa shape index (κ1) is 20.5. The van der Waals surface area contributed by atoms with Crippen LogP contribution < -0.4 is 15.4 Å². The van der Waals surface area contributed by atoms with Gasteiger partial charge in [-0.15, -0.1) is 0 Å². The van der Waals surface area contributed by atoms with E-state index in [1.54, 1.807) is 36.4 Å². The van der Waals surface area contributed by atoms with Crippen LogP contribution in [0.4, 0.5) is 11.4 Å². The van der Waals surface area contributed by atoms with Crippen molar-refractivity contribution in [3.8, 4) is 11.6 Å². The zero-order chi connectivity index (χ0) is 20.8. The van der Waals surface area contributed by atoms with Gasteiger partial charge in [0.1, 0.15) is 5.75 Å². The molecule has 1 aromatic heterocycles. The maximum atomic E-state index is 12.4. The van der Waals surface area contributed by atoms with E-state index in [1.165, 1.54) is 6.20 Å². The molecule has 0 saturated heterocycles. The highest BCUT2D eigenvalue weighted by Crippen LogP contribution is 2.23. The molecule has 7 heteroatoms. The van der Waals surface area contributed by atoms with E-state index in [4.69, 9.17) is 4.74 Å². The van der Waals surface area contributed by atoms with E-state index in [9.17, 15) is 9.59 Å². The van der Waals surface area contributed by atoms with Crippen molar-refractivity contribution in [3.05, 3.63) is 76.9 Å². The molecule has 1 heterocycles. The van der Waals surface area contributed by atoms with Crippen molar-refractivity contribution in [1.82, 2.24) is 4.98 Å². The van der Waals surface area contributed by atoms with Crippen LogP contribution in [0.3, 0.4) is 0 Å². The molecule has 0 spiro atoms. The molecule has 0 aliphatic carbocycles. The number of ether oxygens (including phenoxy) is 1. The van der Waals surface area contributed by atoms with E-state index in [0.29, 0.717) is 28.6 Å². The van der Waals surface area contributed by atoms with E-state index in [0.717, 1.165) is 4.47 Å². The molecule has 0 fully saturated rings. The number of amides is 2. The molecule has 0 saturated carbocycles. The molecule has 148 valence electrons. The average molecular weight is 454 g/mol. The van der Waals surface area contributed by atoms with Crippen LogP contribution in [-0.4, -0.2) is 16.8 Å². The Morgan fingerprint density at radius 3 is 2.24 bits per heavy atom. The molecular weight excluding hydrogens is 434 g/mol. The van der Waals surface area contributed by atoms with Crippen LogP contribution in [0, 0.1) is 5.92 Å². The number of nitrogens with one attached hydrogen (secondary N) is 2. The van der Waals surface area contributed by atoms with Gasteiger partial charge in [0.2, 0.25) is 11.8 Å². The zero-order valence-corrected chi connectivity index (χ0v) is 17.6. The first-order valence-corrected chi connectivity index (χ1v) is 9.82. The summed E-state index contributed by atoms with van der Waals surface area (Å²) < 4.78 is 6.57. The van der Waals surface area contributed by atoms with Crippen molar-refractivity contribution in [1.29, 1.82) is 0 Å². The third kappa shape index (κ3) is 5.89. The molecular formula is C22H20BrN3O3. The summed E-state index contributed by atoms with van der Waals surface area (Å²) in [4.78, 5) is 28.3. The van der Waals surface area contributed by atoms with Gasteiger partial charge in [0.15, 0.2) is 0 Å². The maximum absolute atomic E-state index is 12.4. The summed E-state index contributed by atoms with van der Waals surface area (Å²) in [6.45, 7) is 3.65. The molecule has 0 unspecified atom stereocenters. The van der Waals surface area contributed by atoms with Crippen LogP contribution in [0.1, 0.15) is 24.2 Å². The Balaban J connectivity index is 1.60. The fourth-order valence-corrected chi connectivity index (χ4v) is 2.73. The summed E-state index contributed by atoms with van der Waals surface area (Å²) >= 11 is 3.39. The number of hydrogen-bond donors (Lipinski definition) is 2. The van der Waals surface area contributed by atoms with Gasteiger partial charge in [-0.1, -0.05) is 35.8 Å². The topological polar surface area (TPSA) is 80.3 Å². The molecule has 3 aromatic rings. The lowest BCUT2D eigenvalue weighted by Gasteiger charge is -2.10. The van der Waals surface area contributed by atoms with Gasteiger partial charge < -0.3 is 15.4 Å². The molecule has 0 radical (unpaired) electrons. The number of pyridine rings is 1. The van der Waals surface area contributed by atoms with E-state index in [-0.39, 0.29) is 17.7 Å². The second-order valence-electron chi connectivity index (χ2n) is 6.62. The summed E-state index contributed by atoms with van der Waals surface area (Å²) in [7, 11) is 0. The molecule has 2 amide bonds. The summed E-state index contributed by atoms with van der Waals surface area (Å²) in [5.74, 6) is 0.597. The lowest BCUT2D eigenvalue weighted by molar-refractivity contribution is -0.118. The van der Waals surface area contributed by atoms with Crippen LogP contribution in [0.2, 0.25) is 0 Å². The van der Waals surface area contributed by atoms with Crippen molar-refractivity contribution in [2.75, 3.05) is 10.6 Å². The van der Waals surface area contributed by atoms with Crippen LogP contribution in [0.25, 0.3) is 0 Å². The average Bonchev–Trinajstić information content (AvgIpc) is 2.70. The van der Waals surface area contributed by atoms with Crippen molar-refractivity contribution in [3.63, 3.8) is 0 Å². The predicted octanol–water partition coefficient (Wildman–Crippen LogP) is 5.48. The Kier molecular flexibility index (Phi) is 6.61. The van der Waals surface area contributed by atoms with E-state index < -0.39 is 0 Å². The number of halogens is 1. The minimum atomic E-state index is -0.287. The standard InChI is InChI=1S/C22H20BrN3O3/c1-14(2)21(27)25-17-7-9-18(10-8-17)26-22(28)15-6-11-20(24-13-15)29-19-5-3-4-16(23)12-19/h3-14H,1-2H3,(H,25,27)(H,26,28). The lowest BCUT2D eigenvalue weighted by atomic mass is 10.2. The van der Waals surface area contributed by atoms with Gasteiger partial charge in [-0.05, 0) is 48.5 Å². The maximum Gasteiger partial charge on any atom is 0.257 e. The number of anilines is 2. The summed E-state index contributed by atoms with van der Waals surface area (Å²) in [6, 6.07) is 17.6. The molecule has 3 rings (SSSR count). The lowest BCUT2D eigenvalue weighted by Crippen LogP contribution is -2.17. The molecule has 29 heavy (non-hydrogen) atoms. The van der Waals surface area contributed by atoms with Gasteiger partial charge in [0, 0.05) is 34.0 Å². The number of carbonyl (C=O) groups is 2. The fraction of sp³-hybridized carbons (Fsp3) is 0.136. The van der Waals surface area contributed by atoms with Crippen LogP contribution in [0.5, 0.6) is 11.6 Å². The van der Waals surface area contributed by atoms with Gasteiger partial charge in [-0.25, -0.2) is 4.98 Å². The van der Waals surface area contributed by atoms with Gasteiger partial charge in [0.25, 0.3) is 5.91 Å². The van der Waals surface area contributed by atoms with Crippen LogP contribution in [0.15, 0.2) is 71.3 Å². The number of hydrogen-bond acceptors (Lipinski definition) is 4. The smallest absolute Gasteiger partial charge is 0.257 e. The molecule has 0 aliphatic rings. The van der Waals surface area contributed by atoms with E-state index in [2.05, 4.69) is 31.5 Å². The normalized spacial score (nSPS) is 10.5. The van der Waals surface area contributed by atoms with Crippen LogP contribution >= 0.6 is 15.9 Å². The first-order valence-electron chi connectivity index (χ1n) is 9.02. The van der Waals surface area contributed by atoms with Gasteiger partial charge >= 0.3 is 0 Å². The number of rotatable bonds is 6. The SMILES string of the molecule is CC(C)C(=O)Nc1ccc(NC(=O)c2ccc(Oc3cccc(Br)c3)nc2)cc1. The molecule has 0 aliphatic heterocycles. The monoisotopic (exact) mass is 453 g/mol. The highest BCUT2D eigenvalue weighted by Gasteiger charge is 2.09. The predicted molar refractivity (Wildman–Crippen MR) is 116 cm³/mol. The van der Waals surface area contributed by atoms with Crippen molar-refractivity contribution < 1.29 is 14.3 Å². The Hall–Kier alpha value is -3.19. The molecule has 0 bridgehead atoms. The fourth-order valence-electron chi connectivity index (χ4n) is 2.35. The Morgan fingerprint density at radius 2 is 1.66 bits per heavy atom. The highest BCUT2D eigenvalue weighted by molar-refractivity contribution is 9.10. The largest absolute Gasteiger partial charge is 0.439 e. The second-order valence-corrected chi connectivity index (χ2v) is 7.54. The number of nitrogens with zero attached hydrogens (tertiary/aromatic N) is 1. The van der Waals surface area contributed by atoms with Crippen LogP contribution in [-0.2, 0) is 4.79 Å².